The van der Waals surface area contributed by atoms with Gasteiger partial charge in [-0.25, -0.2) is 0 Å². The molecule has 0 saturated carbocycles. The van der Waals surface area contributed by atoms with E-state index in [-0.39, 0.29) is 6.10 Å². The molecule has 1 aromatic carbocycles. The van der Waals surface area contributed by atoms with Crippen molar-refractivity contribution in [2.24, 2.45) is 0 Å². The molecule has 3 nitrogen and oxygen atoms in total. The molecular formula is C16H27NO2. The molecule has 1 unspecified atom stereocenters. The van der Waals surface area contributed by atoms with Gasteiger partial charge in [0.05, 0.1) is 13.2 Å². The van der Waals surface area contributed by atoms with E-state index in [9.17, 15) is 5.11 Å². The van der Waals surface area contributed by atoms with E-state index in [0.717, 1.165) is 37.4 Å². The fraction of sp³-hybridized carbons (Fsp3) is 0.625. The smallest absolute Gasteiger partial charge is 0.118 e. The number of methoxy groups -OCH3 is 1. The summed E-state index contributed by atoms with van der Waals surface area (Å²) in [6, 6.07) is 7.67. The van der Waals surface area contributed by atoms with Crippen molar-refractivity contribution in [3.63, 3.8) is 0 Å². The second-order valence-corrected chi connectivity index (χ2v) is 4.92. The van der Waals surface area contributed by atoms with Crippen LogP contribution >= 0.6 is 0 Å². The lowest BCUT2D eigenvalue weighted by atomic mass is 10.1. The van der Waals surface area contributed by atoms with Gasteiger partial charge in [0.2, 0.25) is 0 Å². The second-order valence-electron chi connectivity index (χ2n) is 4.92. The Morgan fingerprint density at radius 2 is 1.63 bits per heavy atom. The zero-order valence-electron chi connectivity index (χ0n) is 12.4. The highest BCUT2D eigenvalue weighted by Crippen LogP contribution is 2.20. The minimum atomic E-state index is -0.387. The van der Waals surface area contributed by atoms with Crippen LogP contribution in [0.5, 0.6) is 5.75 Å². The van der Waals surface area contributed by atoms with Crippen molar-refractivity contribution < 1.29 is 9.84 Å². The molecule has 1 atom stereocenters. The number of hydrogen-bond donors (Lipinski definition) is 1. The second kappa shape index (κ2) is 8.94. The zero-order valence-corrected chi connectivity index (χ0v) is 12.4. The Bertz CT molecular complexity index is 331. The zero-order chi connectivity index (χ0) is 14.1. The monoisotopic (exact) mass is 265 g/mol. The summed E-state index contributed by atoms with van der Waals surface area (Å²) in [5.74, 6) is 0.828. The first-order valence-corrected chi connectivity index (χ1v) is 7.25. The molecule has 0 aliphatic rings. The van der Waals surface area contributed by atoms with Gasteiger partial charge in [-0.15, -0.1) is 0 Å². The summed E-state index contributed by atoms with van der Waals surface area (Å²) in [6.07, 6.45) is 2.73. The maximum absolute atomic E-state index is 10.2. The van der Waals surface area contributed by atoms with E-state index in [1.54, 1.807) is 7.11 Å². The maximum atomic E-state index is 10.2. The van der Waals surface area contributed by atoms with Crippen LogP contribution in [0.1, 0.15) is 44.8 Å². The highest BCUT2D eigenvalue weighted by atomic mass is 16.5. The molecule has 0 aromatic heterocycles. The van der Waals surface area contributed by atoms with E-state index in [4.69, 9.17) is 4.74 Å². The first-order chi connectivity index (χ1) is 9.21. The SMILES string of the molecule is CCCN(CCC)CCC(O)c1ccc(OC)cc1. The minimum Gasteiger partial charge on any atom is -0.497 e. The fourth-order valence-electron chi connectivity index (χ4n) is 2.27. The molecule has 1 N–H and O–H groups in total. The van der Waals surface area contributed by atoms with Crippen LogP contribution in [0, 0.1) is 0 Å². The van der Waals surface area contributed by atoms with Gasteiger partial charge in [-0.1, -0.05) is 26.0 Å². The third-order valence-corrected chi connectivity index (χ3v) is 3.30. The topological polar surface area (TPSA) is 32.7 Å². The molecule has 0 aliphatic carbocycles. The summed E-state index contributed by atoms with van der Waals surface area (Å²) in [4.78, 5) is 2.42. The molecule has 0 aliphatic heterocycles. The molecule has 0 heterocycles. The van der Waals surface area contributed by atoms with Gasteiger partial charge < -0.3 is 14.7 Å². The van der Waals surface area contributed by atoms with Gasteiger partial charge in [0.25, 0.3) is 0 Å². The van der Waals surface area contributed by atoms with Crippen LogP contribution in [-0.2, 0) is 0 Å². The molecule has 0 amide bonds. The predicted molar refractivity (Wildman–Crippen MR) is 79.6 cm³/mol. The largest absolute Gasteiger partial charge is 0.497 e. The Balaban J connectivity index is 2.45. The van der Waals surface area contributed by atoms with Crippen LogP contribution in [0.15, 0.2) is 24.3 Å². The normalized spacial score (nSPS) is 12.7. The molecule has 0 saturated heterocycles. The van der Waals surface area contributed by atoms with Gasteiger partial charge in [-0.05, 0) is 50.0 Å². The maximum Gasteiger partial charge on any atom is 0.118 e. The average molecular weight is 265 g/mol. The van der Waals surface area contributed by atoms with Crippen molar-refractivity contribution in [3.8, 4) is 5.75 Å². The highest BCUT2D eigenvalue weighted by Gasteiger charge is 2.10. The van der Waals surface area contributed by atoms with Crippen LogP contribution in [0.25, 0.3) is 0 Å². The van der Waals surface area contributed by atoms with Crippen LogP contribution in [0.4, 0.5) is 0 Å². The number of aliphatic hydroxyl groups excluding tert-OH is 1. The lowest BCUT2D eigenvalue weighted by molar-refractivity contribution is 0.141. The van der Waals surface area contributed by atoms with Gasteiger partial charge in [0, 0.05) is 6.54 Å². The van der Waals surface area contributed by atoms with Gasteiger partial charge in [0.15, 0.2) is 0 Å². The summed E-state index contributed by atoms with van der Waals surface area (Å²) < 4.78 is 5.12. The third kappa shape index (κ3) is 5.62. The van der Waals surface area contributed by atoms with Crippen molar-refractivity contribution >= 4 is 0 Å². The highest BCUT2D eigenvalue weighted by molar-refractivity contribution is 5.28. The first-order valence-electron chi connectivity index (χ1n) is 7.25. The number of benzene rings is 1. The van der Waals surface area contributed by atoms with Crippen LogP contribution in [0.3, 0.4) is 0 Å². The Labute approximate surface area is 117 Å². The van der Waals surface area contributed by atoms with E-state index in [1.807, 2.05) is 24.3 Å². The van der Waals surface area contributed by atoms with Gasteiger partial charge in [0.1, 0.15) is 5.75 Å². The summed E-state index contributed by atoms with van der Waals surface area (Å²) in [7, 11) is 1.65. The number of hydrogen-bond acceptors (Lipinski definition) is 3. The molecule has 3 heteroatoms. The number of nitrogens with zero attached hydrogens (tertiary/aromatic N) is 1. The third-order valence-electron chi connectivity index (χ3n) is 3.30. The van der Waals surface area contributed by atoms with E-state index in [2.05, 4.69) is 18.7 Å². The van der Waals surface area contributed by atoms with Crippen molar-refractivity contribution in [1.82, 2.24) is 4.90 Å². The Kier molecular flexibility index (Phi) is 7.53. The van der Waals surface area contributed by atoms with E-state index in [1.165, 1.54) is 12.8 Å². The molecule has 108 valence electrons. The van der Waals surface area contributed by atoms with Crippen molar-refractivity contribution in [1.29, 1.82) is 0 Å². The molecule has 1 rings (SSSR count). The Morgan fingerprint density at radius 3 is 2.11 bits per heavy atom. The molecule has 0 radical (unpaired) electrons. The Hall–Kier alpha value is -1.06. The van der Waals surface area contributed by atoms with Crippen LogP contribution in [-0.4, -0.2) is 36.8 Å². The summed E-state index contributed by atoms with van der Waals surface area (Å²) in [6.45, 7) is 7.58. The average Bonchev–Trinajstić information content (AvgIpc) is 2.45. The van der Waals surface area contributed by atoms with Gasteiger partial charge >= 0.3 is 0 Å². The Morgan fingerprint density at radius 1 is 1.05 bits per heavy atom. The number of ether oxygens (including phenoxy) is 1. The van der Waals surface area contributed by atoms with Crippen LogP contribution < -0.4 is 4.74 Å². The predicted octanol–water partition coefficient (Wildman–Crippen LogP) is 3.24. The van der Waals surface area contributed by atoms with E-state index >= 15 is 0 Å². The summed E-state index contributed by atoms with van der Waals surface area (Å²) >= 11 is 0. The lowest BCUT2D eigenvalue weighted by Gasteiger charge is -2.22. The first kappa shape index (κ1) is 16.0. The minimum absolute atomic E-state index is 0.387. The molecule has 0 fully saturated rings. The van der Waals surface area contributed by atoms with E-state index < -0.39 is 0 Å². The molecule has 0 bridgehead atoms. The summed E-state index contributed by atoms with van der Waals surface area (Å²) in [5.41, 5.74) is 0.966. The summed E-state index contributed by atoms with van der Waals surface area (Å²) in [5, 5.41) is 10.2. The number of aliphatic hydroxyl groups is 1. The van der Waals surface area contributed by atoms with Crippen molar-refractivity contribution in [2.75, 3.05) is 26.7 Å². The molecular weight excluding hydrogens is 238 g/mol. The van der Waals surface area contributed by atoms with Gasteiger partial charge in [-0.2, -0.15) is 0 Å². The van der Waals surface area contributed by atoms with Crippen molar-refractivity contribution in [3.05, 3.63) is 29.8 Å². The number of rotatable bonds is 9. The quantitative estimate of drug-likeness (QED) is 0.744. The molecule has 19 heavy (non-hydrogen) atoms. The van der Waals surface area contributed by atoms with Crippen LogP contribution in [0.2, 0.25) is 0 Å². The van der Waals surface area contributed by atoms with Gasteiger partial charge in [-0.3, -0.25) is 0 Å². The lowest BCUT2D eigenvalue weighted by Crippen LogP contribution is -2.27. The van der Waals surface area contributed by atoms with E-state index in [0.29, 0.717) is 0 Å². The van der Waals surface area contributed by atoms with Crippen molar-refractivity contribution in [2.45, 2.75) is 39.2 Å². The molecule has 1 aromatic rings. The standard InChI is InChI=1S/C16H27NO2/c1-4-11-17(12-5-2)13-10-16(18)14-6-8-15(19-3)9-7-14/h6-9,16,18H,4-5,10-13H2,1-3H3. The molecule has 0 spiro atoms. The fourth-order valence-corrected chi connectivity index (χ4v) is 2.27.